The first-order valence-electron chi connectivity index (χ1n) is 12.7. The lowest BCUT2D eigenvalue weighted by Crippen LogP contribution is -2.52. The highest BCUT2D eigenvalue weighted by Gasteiger charge is 2.63. The third-order valence-corrected chi connectivity index (χ3v) is 9.65. The minimum absolute atomic E-state index is 0.000943. The highest BCUT2D eigenvalue weighted by Crippen LogP contribution is 2.67. The molecule has 0 aliphatic heterocycles. The Hall–Kier alpha value is -1.85. The molecular weight excluding hydrogens is 420 g/mol. The van der Waals surface area contributed by atoms with Crippen LogP contribution in [-0.2, 0) is 28.6 Å². The number of rotatable bonds is 4. The van der Waals surface area contributed by atoms with Crippen LogP contribution in [0.3, 0.4) is 0 Å². The summed E-state index contributed by atoms with van der Waals surface area (Å²) in [5.74, 6) is 0.790. The topological polar surface area (TPSA) is 78.9 Å². The van der Waals surface area contributed by atoms with E-state index in [0.29, 0.717) is 17.8 Å². The molecular formula is C27H40O6. The molecule has 9 atom stereocenters. The number of ether oxygens (including phenoxy) is 3. The van der Waals surface area contributed by atoms with Crippen LogP contribution in [0, 0.1) is 34.5 Å². The smallest absolute Gasteiger partial charge is 0.302 e. The van der Waals surface area contributed by atoms with Crippen molar-refractivity contribution < 1.29 is 28.6 Å². The molecule has 0 unspecified atom stereocenters. The van der Waals surface area contributed by atoms with Gasteiger partial charge in [0, 0.05) is 33.1 Å². The van der Waals surface area contributed by atoms with Crippen molar-refractivity contribution in [2.24, 2.45) is 34.5 Å². The largest absolute Gasteiger partial charge is 0.462 e. The van der Waals surface area contributed by atoms with Gasteiger partial charge in [0.25, 0.3) is 0 Å². The van der Waals surface area contributed by atoms with Crippen molar-refractivity contribution in [3.63, 3.8) is 0 Å². The molecule has 0 N–H and O–H groups in total. The molecule has 0 aromatic heterocycles. The summed E-state index contributed by atoms with van der Waals surface area (Å²) in [7, 11) is 0. The van der Waals surface area contributed by atoms with E-state index >= 15 is 0 Å². The Morgan fingerprint density at radius 1 is 0.970 bits per heavy atom. The Bertz CT molecular complexity index is 848. The molecule has 0 bridgehead atoms. The summed E-state index contributed by atoms with van der Waals surface area (Å²) in [6.07, 6.45) is 8.75. The average molecular weight is 461 g/mol. The molecule has 0 radical (unpaired) electrons. The molecule has 0 aromatic rings. The van der Waals surface area contributed by atoms with E-state index in [4.69, 9.17) is 14.2 Å². The van der Waals surface area contributed by atoms with Gasteiger partial charge < -0.3 is 14.2 Å². The maximum absolute atomic E-state index is 12.0. The second-order valence-corrected chi connectivity index (χ2v) is 11.5. The summed E-state index contributed by atoms with van der Waals surface area (Å²) in [4.78, 5) is 35.2. The number of esters is 3. The molecule has 4 rings (SSSR count). The second-order valence-electron chi connectivity index (χ2n) is 11.5. The van der Waals surface area contributed by atoms with Gasteiger partial charge in [-0.05, 0) is 74.0 Å². The molecule has 3 fully saturated rings. The summed E-state index contributed by atoms with van der Waals surface area (Å²) in [5.41, 5.74) is 1.56. The van der Waals surface area contributed by atoms with E-state index in [1.54, 1.807) is 0 Å². The van der Waals surface area contributed by atoms with Crippen molar-refractivity contribution in [1.82, 2.24) is 0 Å². The molecule has 33 heavy (non-hydrogen) atoms. The second kappa shape index (κ2) is 8.74. The van der Waals surface area contributed by atoms with Gasteiger partial charge in [0.05, 0.1) is 0 Å². The van der Waals surface area contributed by atoms with Crippen LogP contribution < -0.4 is 0 Å². The monoisotopic (exact) mass is 460 g/mol. The first kappa shape index (κ1) is 24.3. The fourth-order valence-corrected chi connectivity index (χ4v) is 8.50. The fraction of sp³-hybridized carbons (Fsp3) is 0.815. The molecule has 6 heteroatoms. The van der Waals surface area contributed by atoms with Crippen molar-refractivity contribution in [1.29, 1.82) is 0 Å². The Morgan fingerprint density at radius 2 is 1.67 bits per heavy atom. The van der Waals surface area contributed by atoms with Crippen molar-refractivity contribution in [3.8, 4) is 0 Å². The van der Waals surface area contributed by atoms with Crippen LogP contribution in [0.1, 0.15) is 86.5 Å². The van der Waals surface area contributed by atoms with Gasteiger partial charge in [-0.25, -0.2) is 0 Å². The zero-order valence-electron chi connectivity index (χ0n) is 21.0. The minimum atomic E-state index is -0.289. The molecule has 0 heterocycles. The van der Waals surface area contributed by atoms with Crippen LogP contribution in [0.25, 0.3) is 0 Å². The van der Waals surface area contributed by atoms with E-state index < -0.39 is 0 Å². The van der Waals surface area contributed by atoms with Crippen LogP contribution in [0.15, 0.2) is 11.6 Å². The van der Waals surface area contributed by atoms with E-state index in [0.717, 1.165) is 44.9 Å². The first-order valence-corrected chi connectivity index (χ1v) is 12.7. The summed E-state index contributed by atoms with van der Waals surface area (Å²) in [5, 5.41) is 0. The van der Waals surface area contributed by atoms with Gasteiger partial charge in [-0.15, -0.1) is 0 Å². The zero-order chi connectivity index (χ0) is 24.1. The van der Waals surface area contributed by atoms with Crippen LogP contribution in [-0.4, -0.2) is 36.2 Å². The first-order chi connectivity index (χ1) is 15.5. The predicted molar refractivity (Wildman–Crippen MR) is 123 cm³/mol. The molecule has 6 nitrogen and oxygen atoms in total. The van der Waals surface area contributed by atoms with Crippen LogP contribution >= 0.6 is 0 Å². The van der Waals surface area contributed by atoms with E-state index in [1.165, 1.54) is 26.3 Å². The van der Waals surface area contributed by atoms with Gasteiger partial charge in [-0.1, -0.05) is 25.5 Å². The molecule has 4 aliphatic rings. The Morgan fingerprint density at radius 3 is 2.30 bits per heavy atom. The Balaban J connectivity index is 1.61. The lowest BCUT2D eigenvalue weighted by molar-refractivity contribution is -0.162. The van der Waals surface area contributed by atoms with Crippen molar-refractivity contribution in [2.45, 2.75) is 105 Å². The SMILES string of the molecule is CC(=O)O[C@H]1CC[C@@]2(C)C(=CC[C@H]3[C@@H]4C[C@@H](OC(C)=O)[C@H]([C@H](C)OC(C)=O)[C@@]4(C)CC[C@@H]32)C1. The number of fused-ring (bicyclic) bond motifs is 5. The van der Waals surface area contributed by atoms with Gasteiger partial charge in [-0.2, -0.15) is 0 Å². The number of allylic oxidation sites excluding steroid dienone is 1. The number of hydrogen-bond donors (Lipinski definition) is 0. The Kier molecular flexibility index (Phi) is 6.43. The summed E-state index contributed by atoms with van der Waals surface area (Å²) < 4.78 is 17.1. The van der Waals surface area contributed by atoms with Crippen LogP contribution in [0.2, 0.25) is 0 Å². The van der Waals surface area contributed by atoms with Gasteiger partial charge in [0.15, 0.2) is 0 Å². The average Bonchev–Trinajstić information content (AvgIpc) is 2.98. The van der Waals surface area contributed by atoms with E-state index in [-0.39, 0.29) is 53.0 Å². The normalized spacial score (nSPS) is 42.7. The zero-order valence-corrected chi connectivity index (χ0v) is 21.0. The molecule has 4 aliphatic carbocycles. The van der Waals surface area contributed by atoms with E-state index in [2.05, 4.69) is 19.9 Å². The number of carbonyl (C=O) groups is 3. The van der Waals surface area contributed by atoms with Crippen molar-refractivity contribution >= 4 is 17.9 Å². The fourth-order valence-electron chi connectivity index (χ4n) is 8.50. The molecule has 0 amide bonds. The molecule has 184 valence electrons. The third kappa shape index (κ3) is 4.23. The summed E-state index contributed by atoms with van der Waals surface area (Å²) in [6, 6.07) is 0. The van der Waals surface area contributed by atoms with Gasteiger partial charge in [0.1, 0.15) is 18.3 Å². The summed E-state index contributed by atoms with van der Waals surface area (Å²) in [6.45, 7) is 11.1. The Labute approximate surface area is 197 Å². The lowest BCUT2D eigenvalue weighted by Gasteiger charge is -2.58. The maximum Gasteiger partial charge on any atom is 0.302 e. The number of carbonyl (C=O) groups excluding carboxylic acids is 3. The maximum atomic E-state index is 12.0. The van der Waals surface area contributed by atoms with Crippen LogP contribution in [0.5, 0.6) is 0 Å². The minimum Gasteiger partial charge on any atom is -0.462 e. The van der Waals surface area contributed by atoms with E-state index in [1.807, 2.05) is 6.92 Å². The van der Waals surface area contributed by atoms with E-state index in [9.17, 15) is 14.4 Å². The van der Waals surface area contributed by atoms with Gasteiger partial charge in [-0.3, -0.25) is 14.4 Å². The number of hydrogen-bond acceptors (Lipinski definition) is 6. The predicted octanol–water partition coefficient (Wildman–Crippen LogP) is 4.99. The third-order valence-electron chi connectivity index (χ3n) is 9.65. The molecule has 0 saturated heterocycles. The molecule has 0 aromatic carbocycles. The standard InChI is InChI=1S/C27H40O6/c1-15(31-16(2)28)25-24(33-18(4)30)14-23-21-8-7-19-13-20(32-17(3)29)9-11-26(19,5)22(21)10-12-27(23,25)6/h7,15,20-25H,8-14H2,1-6H3/t15-,20-,21+,22-,23-,24+,25-,26-,27-/m0/s1. The summed E-state index contributed by atoms with van der Waals surface area (Å²) >= 11 is 0. The quantitative estimate of drug-likeness (QED) is 0.334. The van der Waals surface area contributed by atoms with Gasteiger partial charge in [0.2, 0.25) is 0 Å². The highest BCUT2D eigenvalue weighted by atomic mass is 16.6. The lowest BCUT2D eigenvalue weighted by atomic mass is 9.47. The molecule has 3 saturated carbocycles. The van der Waals surface area contributed by atoms with Crippen LogP contribution in [0.4, 0.5) is 0 Å². The molecule has 0 spiro atoms. The highest BCUT2D eigenvalue weighted by molar-refractivity contribution is 5.67. The van der Waals surface area contributed by atoms with Crippen molar-refractivity contribution in [3.05, 3.63) is 11.6 Å². The van der Waals surface area contributed by atoms with Gasteiger partial charge >= 0.3 is 17.9 Å². The van der Waals surface area contributed by atoms with Crippen molar-refractivity contribution in [2.75, 3.05) is 0 Å².